The Morgan fingerprint density at radius 3 is 3.00 bits per heavy atom. The highest BCUT2D eigenvalue weighted by Crippen LogP contribution is 2.40. The van der Waals surface area contributed by atoms with E-state index in [9.17, 15) is 5.26 Å². The number of piperazine rings is 1. The van der Waals surface area contributed by atoms with E-state index < -0.39 is 0 Å². The molecule has 9 nitrogen and oxygen atoms in total. The number of nitrogens with one attached hydrogen (secondary N) is 1. The third-order valence-corrected chi connectivity index (χ3v) is 7.04. The molecule has 0 bridgehead atoms. The molecule has 1 atom stereocenters. The molecule has 0 amide bonds. The van der Waals surface area contributed by atoms with Crippen LogP contribution in [0.4, 0.5) is 5.69 Å². The van der Waals surface area contributed by atoms with Gasteiger partial charge in [-0.1, -0.05) is 6.07 Å². The Hall–Kier alpha value is -4.42. The Morgan fingerprint density at radius 2 is 2.09 bits per heavy atom. The summed E-state index contributed by atoms with van der Waals surface area (Å²) in [4.78, 5) is 9.28. The van der Waals surface area contributed by atoms with Gasteiger partial charge in [-0.05, 0) is 31.3 Å². The average molecular weight is 463 g/mol. The van der Waals surface area contributed by atoms with Gasteiger partial charge in [0.05, 0.1) is 35.1 Å². The third kappa shape index (κ3) is 3.15. The monoisotopic (exact) mass is 462 g/mol. The molecule has 9 heteroatoms. The molecule has 1 unspecified atom stereocenters. The van der Waals surface area contributed by atoms with Gasteiger partial charge in [0.2, 0.25) is 0 Å². The second kappa shape index (κ2) is 7.55. The molecule has 172 valence electrons. The van der Waals surface area contributed by atoms with Crippen molar-refractivity contribution >= 4 is 22.2 Å². The fourth-order valence-electron chi connectivity index (χ4n) is 5.24. The van der Waals surface area contributed by atoms with Crippen LogP contribution in [-0.2, 0) is 0 Å². The maximum atomic E-state index is 9.83. The fourth-order valence-corrected chi connectivity index (χ4v) is 5.24. The molecule has 2 aliphatic rings. The van der Waals surface area contributed by atoms with Gasteiger partial charge in [0.15, 0.2) is 5.65 Å². The van der Waals surface area contributed by atoms with Crippen molar-refractivity contribution in [1.82, 2.24) is 29.7 Å². The van der Waals surface area contributed by atoms with Crippen LogP contribution in [0.1, 0.15) is 5.56 Å². The standard InChI is InChI=1S/C26H22N8O/c1-32-6-7-33-19(14-32)15-35-24-9-16(2-3-23(24)33)26-21-10-20(17(11-27)8-22(21)30-31-26)18-12-28-25-4-5-29-34(25)13-18/h2-5,8-10,12-13,19H,6-7,14-15H2,1H3,(H,30,31). The predicted octanol–water partition coefficient (Wildman–Crippen LogP) is 3.32. The zero-order valence-corrected chi connectivity index (χ0v) is 19.1. The van der Waals surface area contributed by atoms with Crippen molar-refractivity contribution in [1.29, 1.82) is 5.26 Å². The van der Waals surface area contributed by atoms with Gasteiger partial charge in [0.25, 0.3) is 0 Å². The number of rotatable bonds is 2. The topological polar surface area (TPSA) is 98.4 Å². The van der Waals surface area contributed by atoms with Gasteiger partial charge in [-0.15, -0.1) is 0 Å². The zero-order valence-electron chi connectivity index (χ0n) is 19.1. The molecule has 1 N–H and O–H groups in total. The summed E-state index contributed by atoms with van der Waals surface area (Å²) in [5.41, 5.74) is 6.67. The minimum Gasteiger partial charge on any atom is -0.489 e. The molecule has 2 aromatic carbocycles. The number of hydrogen-bond donors (Lipinski definition) is 1. The number of nitrogens with zero attached hydrogens (tertiary/aromatic N) is 7. The Kier molecular flexibility index (Phi) is 4.31. The van der Waals surface area contributed by atoms with Crippen LogP contribution in [0.2, 0.25) is 0 Å². The molecule has 0 radical (unpaired) electrons. The van der Waals surface area contributed by atoms with Crippen LogP contribution in [0.3, 0.4) is 0 Å². The second-order valence-electron chi connectivity index (χ2n) is 9.21. The van der Waals surface area contributed by atoms with Gasteiger partial charge in [-0.2, -0.15) is 15.5 Å². The van der Waals surface area contributed by atoms with E-state index in [2.05, 4.69) is 61.4 Å². The van der Waals surface area contributed by atoms with E-state index in [0.717, 1.165) is 70.0 Å². The number of aromatic amines is 1. The molecule has 0 saturated carbocycles. The highest BCUT2D eigenvalue weighted by Gasteiger charge is 2.32. The second-order valence-corrected chi connectivity index (χ2v) is 9.21. The van der Waals surface area contributed by atoms with E-state index in [1.165, 1.54) is 0 Å². The summed E-state index contributed by atoms with van der Waals surface area (Å²) in [6, 6.07) is 14.7. The number of nitriles is 1. The smallest absolute Gasteiger partial charge is 0.154 e. The predicted molar refractivity (Wildman–Crippen MR) is 132 cm³/mol. The lowest BCUT2D eigenvalue weighted by atomic mass is 9.98. The first-order chi connectivity index (χ1) is 17.2. The van der Waals surface area contributed by atoms with Gasteiger partial charge in [0.1, 0.15) is 18.1 Å². The van der Waals surface area contributed by atoms with Crippen LogP contribution in [0.15, 0.2) is 55.0 Å². The first-order valence-corrected chi connectivity index (χ1v) is 11.6. The SMILES string of the molecule is CN1CCN2c3ccc(-c4n[nH]c5cc(C#N)c(-c6cnc7ccnn7c6)cc45)cc3OCC2C1. The van der Waals surface area contributed by atoms with E-state index in [0.29, 0.717) is 18.2 Å². The van der Waals surface area contributed by atoms with Crippen molar-refractivity contribution in [2.45, 2.75) is 6.04 Å². The van der Waals surface area contributed by atoms with Crippen molar-refractivity contribution in [2.75, 3.05) is 38.2 Å². The molecule has 5 heterocycles. The number of benzene rings is 2. The van der Waals surface area contributed by atoms with Crippen LogP contribution < -0.4 is 9.64 Å². The first-order valence-electron chi connectivity index (χ1n) is 11.6. The summed E-state index contributed by atoms with van der Waals surface area (Å²) in [7, 11) is 2.16. The van der Waals surface area contributed by atoms with Gasteiger partial charge in [-0.25, -0.2) is 9.50 Å². The lowest BCUT2D eigenvalue weighted by molar-refractivity contribution is 0.188. The quantitative estimate of drug-likeness (QED) is 0.430. The number of aromatic nitrogens is 5. The van der Waals surface area contributed by atoms with Crippen molar-refractivity contribution in [3.05, 3.63) is 60.6 Å². The molecule has 3 aromatic heterocycles. The highest BCUT2D eigenvalue weighted by molar-refractivity contribution is 5.97. The fraction of sp³-hybridized carbons (Fsp3) is 0.231. The average Bonchev–Trinajstić information content (AvgIpc) is 3.53. The van der Waals surface area contributed by atoms with E-state index in [1.54, 1.807) is 16.9 Å². The largest absolute Gasteiger partial charge is 0.489 e. The molecule has 35 heavy (non-hydrogen) atoms. The summed E-state index contributed by atoms with van der Waals surface area (Å²) < 4.78 is 7.90. The molecular weight excluding hydrogens is 440 g/mol. The van der Waals surface area contributed by atoms with Crippen LogP contribution in [-0.4, -0.2) is 69.0 Å². The van der Waals surface area contributed by atoms with Gasteiger partial charge >= 0.3 is 0 Å². The van der Waals surface area contributed by atoms with E-state index in [4.69, 9.17) is 4.74 Å². The van der Waals surface area contributed by atoms with E-state index >= 15 is 0 Å². The molecular formula is C26H22N8O. The minimum absolute atomic E-state index is 0.381. The molecule has 5 aromatic rings. The third-order valence-electron chi connectivity index (χ3n) is 7.04. The maximum absolute atomic E-state index is 9.83. The number of ether oxygens (including phenoxy) is 1. The lowest BCUT2D eigenvalue weighted by Gasteiger charge is -2.44. The van der Waals surface area contributed by atoms with Crippen molar-refractivity contribution < 1.29 is 4.74 Å². The van der Waals surface area contributed by atoms with Crippen molar-refractivity contribution in [3.63, 3.8) is 0 Å². The molecule has 1 saturated heterocycles. The van der Waals surface area contributed by atoms with Gasteiger partial charge in [0, 0.05) is 60.2 Å². The van der Waals surface area contributed by atoms with Crippen LogP contribution in [0.25, 0.3) is 38.9 Å². The number of fused-ring (bicyclic) bond motifs is 5. The Bertz CT molecular complexity index is 1640. The summed E-state index contributed by atoms with van der Waals surface area (Å²) in [5.74, 6) is 0.890. The lowest BCUT2D eigenvalue weighted by Crippen LogP contribution is -2.56. The van der Waals surface area contributed by atoms with Crippen molar-refractivity contribution in [3.8, 4) is 34.2 Å². The molecule has 1 fully saturated rings. The summed E-state index contributed by atoms with van der Waals surface area (Å²) >= 11 is 0. The summed E-state index contributed by atoms with van der Waals surface area (Å²) in [6.07, 6.45) is 5.37. The highest BCUT2D eigenvalue weighted by atomic mass is 16.5. The molecule has 2 aliphatic heterocycles. The normalized spacial score (nSPS) is 17.7. The van der Waals surface area contributed by atoms with E-state index in [-0.39, 0.29) is 0 Å². The minimum atomic E-state index is 0.381. The van der Waals surface area contributed by atoms with Crippen LogP contribution in [0.5, 0.6) is 5.75 Å². The summed E-state index contributed by atoms with van der Waals surface area (Å²) in [5, 5.41) is 22.8. The van der Waals surface area contributed by atoms with Crippen LogP contribution in [0, 0.1) is 11.3 Å². The number of hydrogen-bond acceptors (Lipinski definition) is 7. The number of anilines is 1. The van der Waals surface area contributed by atoms with Crippen molar-refractivity contribution in [2.24, 2.45) is 0 Å². The Balaban J connectivity index is 1.32. The number of H-pyrrole nitrogens is 1. The molecule has 7 rings (SSSR count). The Labute approximate surface area is 201 Å². The Morgan fingerprint density at radius 1 is 1.14 bits per heavy atom. The van der Waals surface area contributed by atoms with Gasteiger partial charge in [-0.3, -0.25) is 5.10 Å². The summed E-state index contributed by atoms with van der Waals surface area (Å²) in [6.45, 7) is 3.73. The molecule has 0 aliphatic carbocycles. The maximum Gasteiger partial charge on any atom is 0.154 e. The van der Waals surface area contributed by atoms with Gasteiger partial charge < -0.3 is 14.5 Å². The van der Waals surface area contributed by atoms with Crippen LogP contribution >= 0.6 is 0 Å². The first kappa shape index (κ1) is 20.0. The number of likely N-dealkylation sites (N-methyl/N-ethyl adjacent to an activating group) is 1. The zero-order chi connectivity index (χ0) is 23.5. The van der Waals surface area contributed by atoms with E-state index in [1.807, 2.05) is 24.4 Å². The molecule has 0 spiro atoms.